The van der Waals surface area contributed by atoms with Crippen LogP contribution in [-0.2, 0) is 6.54 Å². The summed E-state index contributed by atoms with van der Waals surface area (Å²) in [6.45, 7) is 2.91. The largest absolute Gasteiger partial charge is 0.432 e. The number of hydrogen-bond donors (Lipinski definition) is 1. The fourth-order valence-electron chi connectivity index (χ4n) is 1.26. The summed E-state index contributed by atoms with van der Waals surface area (Å²) in [6.07, 6.45) is 3.81. The molecule has 0 bridgehead atoms. The quantitative estimate of drug-likeness (QED) is 0.802. The van der Waals surface area contributed by atoms with E-state index in [0.29, 0.717) is 12.1 Å². The minimum atomic E-state index is 0.432. The van der Waals surface area contributed by atoms with Crippen molar-refractivity contribution in [2.24, 2.45) is 0 Å². The van der Waals surface area contributed by atoms with Gasteiger partial charge in [-0.1, -0.05) is 0 Å². The molecule has 0 aliphatic heterocycles. The van der Waals surface area contributed by atoms with Gasteiger partial charge in [0.15, 0.2) is 0 Å². The lowest BCUT2D eigenvalue weighted by Gasteiger charge is -2.21. The van der Waals surface area contributed by atoms with Crippen molar-refractivity contribution in [1.82, 2.24) is 10.3 Å². The zero-order valence-electron chi connectivity index (χ0n) is 9.78. The number of thioether (sulfide) groups is 1. The number of hydrogen-bond acceptors (Lipinski definition) is 5. The molecule has 1 aromatic rings. The summed E-state index contributed by atoms with van der Waals surface area (Å²) in [5.74, 6) is 1.07. The lowest BCUT2D eigenvalue weighted by atomic mass is 10.4. The second kappa shape index (κ2) is 6.02. The average molecular weight is 229 g/mol. The predicted octanol–water partition coefficient (Wildman–Crippen LogP) is 1.58. The molecule has 86 valence electrons. The molecule has 0 spiro atoms. The molecule has 0 aliphatic rings. The maximum Gasteiger partial charge on any atom is 0.297 e. The van der Waals surface area contributed by atoms with Crippen LogP contribution in [0, 0.1) is 0 Å². The van der Waals surface area contributed by atoms with E-state index in [0.717, 1.165) is 18.0 Å². The Hall–Kier alpha value is -0.680. The van der Waals surface area contributed by atoms with Crippen LogP contribution in [-0.4, -0.2) is 37.1 Å². The molecule has 0 radical (unpaired) electrons. The SMILES string of the molecule is CNCc1coc(N(C)C(C)CSC)n1. The second-order valence-electron chi connectivity index (χ2n) is 3.57. The van der Waals surface area contributed by atoms with Crippen molar-refractivity contribution in [2.45, 2.75) is 19.5 Å². The Labute approximate surface area is 95.4 Å². The van der Waals surface area contributed by atoms with Crippen molar-refractivity contribution in [3.05, 3.63) is 12.0 Å². The Morgan fingerprint density at radius 2 is 2.40 bits per heavy atom. The highest BCUT2D eigenvalue weighted by Gasteiger charge is 2.14. The first-order valence-electron chi connectivity index (χ1n) is 4.99. The van der Waals surface area contributed by atoms with Crippen LogP contribution < -0.4 is 10.2 Å². The molecule has 1 unspecified atom stereocenters. The minimum absolute atomic E-state index is 0.432. The Morgan fingerprint density at radius 1 is 1.67 bits per heavy atom. The lowest BCUT2D eigenvalue weighted by Crippen LogP contribution is -2.31. The summed E-state index contributed by atoms with van der Waals surface area (Å²) < 4.78 is 5.41. The second-order valence-corrected chi connectivity index (χ2v) is 4.48. The van der Waals surface area contributed by atoms with Crippen molar-refractivity contribution >= 4 is 17.8 Å². The Bertz CT molecular complexity index is 290. The molecule has 0 aromatic carbocycles. The molecule has 0 amide bonds. The zero-order chi connectivity index (χ0) is 11.3. The van der Waals surface area contributed by atoms with Crippen LogP contribution in [0.5, 0.6) is 0 Å². The van der Waals surface area contributed by atoms with Crippen molar-refractivity contribution in [1.29, 1.82) is 0 Å². The first-order chi connectivity index (χ1) is 7.19. The zero-order valence-corrected chi connectivity index (χ0v) is 10.6. The predicted molar refractivity (Wildman–Crippen MR) is 65.5 cm³/mol. The van der Waals surface area contributed by atoms with E-state index in [4.69, 9.17) is 4.42 Å². The topological polar surface area (TPSA) is 41.3 Å². The molecular formula is C10H19N3OS. The van der Waals surface area contributed by atoms with Gasteiger partial charge in [0.1, 0.15) is 6.26 Å². The van der Waals surface area contributed by atoms with Crippen LogP contribution in [0.4, 0.5) is 6.01 Å². The molecule has 1 N–H and O–H groups in total. The van der Waals surface area contributed by atoms with Gasteiger partial charge in [-0.05, 0) is 20.2 Å². The molecule has 0 fully saturated rings. The van der Waals surface area contributed by atoms with Gasteiger partial charge >= 0.3 is 0 Å². The maximum atomic E-state index is 5.41. The van der Waals surface area contributed by atoms with E-state index in [1.165, 1.54) is 0 Å². The smallest absolute Gasteiger partial charge is 0.297 e. The van der Waals surface area contributed by atoms with Gasteiger partial charge in [0.25, 0.3) is 6.01 Å². The fourth-order valence-corrected chi connectivity index (χ4v) is 1.97. The summed E-state index contributed by atoms with van der Waals surface area (Å²) in [5, 5.41) is 3.05. The molecule has 0 saturated heterocycles. The normalized spacial score (nSPS) is 12.8. The van der Waals surface area contributed by atoms with Crippen molar-refractivity contribution < 1.29 is 4.42 Å². The first kappa shape index (κ1) is 12.4. The number of aromatic nitrogens is 1. The fraction of sp³-hybridized carbons (Fsp3) is 0.700. The highest BCUT2D eigenvalue weighted by molar-refractivity contribution is 7.98. The molecule has 0 saturated carbocycles. The molecular weight excluding hydrogens is 210 g/mol. The number of nitrogens with zero attached hydrogens (tertiary/aromatic N) is 2. The lowest BCUT2D eigenvalue weighted by molar-refractivity contribution is 0.530. The third-order valence-corrected chi connectivity index (χ3v) is 3.08. The van der Waals surface area contributed by atoms with Crippen LogP contribution in [0.2, 0.25) is 0 Å². The third kappa shape index (κ3) is 3.43. The Kier molecular flexibility index (Phi) is 4.98. The van der Waals surface area contributed by atoms with E-state index < -0.39 is 0 Å². The highest BCUT2D eigenvalue weighted by Crippen LogP contribution is 2.16. The van der Waals surface area contributed by atoms with Crippen LogP contribution in [0.3, 0.4) is 0 Å². The number of oxazole rings is 1. The van der Waals surface area contributed by atoms with Gasteiger partial charge < -0.3 is 14.6 Å². The molecule has 1 atom stereocenters. The Morgan fingerprint density at radius 3 is 3.00 bits per heavy atom. The number of anilines is 1. The van der Waals surface area contributed by atoms with E-state index in [1.54, 1.807) is 6.26 Å². The van der Waals surface area contributed by atoms with E-state index in [1.807, 2.05) is 25.9 Å². The molecule has 0 aliphatic carbocycles. The van der Waals surface area contributed by atoms with Gasteiger partial charge in [0, 0.05) is 25.4 Å². The monoisotopic (exact) mass is 229 g/mol. The molecule has 1 heterocycles. The molecule has 5 heteroatoms. The summed E-state index contributed by atoms with van der Waals surface area (Å²) in [5.41, 5.74) is 0.940. The van der Waals surface area contributed by atoms with Crippen molar-refractivity contribution in [2.75, 3.05) is 31.0 Å². The first-order valence-corrected chi connectivity index (χ1v) is 6.39. The third-order valence-electron chi connectivity index (χ3n) is 2.27. The highest BCUT2D eigenvalue weighted by atomic mass is 32.2. The average Bonchev–Trinajstić information content (AvgIpc) is 2.66. The van der Waals surface area contributed by atoms with Gasteiger partial charge in [0.2, 0.25) is 0 Å². The van der Waals surface area contributed by atoms with Gasteiger partial charge in [-0.2, -0.15) is 16.7 Å². The van der Waals surface area contributed by atoms with Gasteiger partial charge in [-0.3, -0.25) is 0 Å². The van der Waals surface area contributed by atoms with Crippen molar-refractivity contribution in [3.8, 4) is 0 Å². The van der Waals surface area contributed by atoms with E-state index in [-0.39, 0.29) is 0 Å². The standard InChI is InChI=1S/C10H19N3OS/c1-8(7-15-4)13(3)10-12-9(5-11-2)6-14-10/h6,8,11H,5,7H2,1-4H3. The summed E-state index contributed by atoms with van der Waals surface area (Å²) in [6, 6.07) is 1.13. The number of nitrogens with one attached hydrogen (secondary N) is 1. The van der Waals surface area contributed by atoms with E-state index >= 15 is 0 Å². The van der Waals surface area contributed by atoms with E-state index in [9.17, 15) is 0 Å². The molecule has 15 heavy (non-hydrogen) atoms. The van der Waals surface area contributed by atoms with Crippen molar-refractivity contribution in [3.63, 3.8) is 0 Å². The van der Waals surface area contributed by atoms with Crippen LogP contribution in [0.25, 0.3) is 0 Å². The number of rotatable bonds is 6. The van der Waals surface area contributed by atoms with Gasteiger partial charge in [-0.15, -0.1) is 0 Å². The molecule has 4 nitrogen and oxygen atoms in total. The maximum absolute atomic E-state index is 5.41. The summed E-state index contributed by atoms with van der Waals surface area (Å²) in [7, 11) is 3.91. The van der Waals surface area contributed by atoms with Gasteiger partial charge in [-0.25, -0.2) is 0 Å². The van der Waals surface area contributed by atoms with E-state index in [2.05, 4.69) is 28.4 Å². The Balaban J connectivity index is 2.60. The van der Waals surface area contributed by atoms with Gasteiger partial charge in [0.05, 0.1) is 5.69 Å². The summed E-state index contributed by atoms with van der Waals surface area (Å²) in [4.78, 5) is 6.46. The molecule has 1 rings (SSSR count). The summed E-state index contributed by atoms with van der Waals surface area (Å²) >= 11 is 1.83. The van der Waals surface area contributed by atoms with Crippen LogP contribution in [0.15, 0.2) is 10.7 Å². The minimum Gasteiger partial charge on any atom is -0.432 e. The van der Waals surface area contributed by atoms with Crippen LogP contribution in [0.1, 0.15) is 12.6 Å². The van der Waals surface area contributed by atoms with Crippen LogP contribution >= 0.6 is 11.8 Å². The molecule has 1 aromatic heterocycles.